The van der Waals surface area contributed by atoms with Crippen LogP contribution >= 0.6 is 23.1 Å². The van der Waals surface area contributed by atoms with Crippen LogP contribution < -0.4 is 0 Å². The van der Waals surface area contributed by atoms with E-state index in [4.69, 9.17) is 9.40 Å². The maximum atomic E-state index is 5.72. The molecule has 0 unspecified atom stereocenters. The average Bonchev–Trinajstić information content (AvgIpc) is 3.20. The highest BCUT2D eigenvalue weighted by molar-refractivity contribution is 7.98. The van der Waals surface area contributed by atoms with Gasteiger partial charge in [0.1, 0.15) is 10.5 Å². The van der Waals surface area contributed by atoms with Crippen molar-refractivity contribution >= 4 is 34.2 Å². The van der Waals surface area contributed by atoms with Gasteiger partial charge in [-0.3, -0.25) is 0 Å². The van der Waals surface area contributed by atoms with Crippen molar-refractivity contribution in [3.8, 4) is 10.6 Å². The molecule has 114 valence electrons. The molecule has 4 rings (SSSR count). The van der Waals surface area contributed by atoms with Gasteiger partial charge in [-0.1, -0.05) is 53.7 Å². The summed E-state index contributed by atoms with van der Waals surface area (Å²) in [4.78, 5) is 9.18. The Hall–Kier alpha value is -2.11. The molecule has 3 nitrogen and oxygen atoms in total. The van der Waals surface area contributed by atoms with E-state index in [-0.39, 0.29) is 0 Å². The number of benzene rings is 2. The standard InChI is InChI=1S/C18H14N2OS2/c1-12-6-8-13(9-7-12)17-19-14(10-22-17)11-23-18-20-15-4-2-3-5-16(15)21-18/h2-10H,11H2,1H3. The van der Waals surface area contributed by atoms with Crippen LogP contribution in [0.2, 0.25) is 0 Å². The molecule has 0 saturated carbocycles. The summed E-state index contributed by atoms with van der Waals surface area (Å²) >= 11 is 3.25. The lowest BCUT2D eigenvalue weighted by atomic mass is 10.2. The first-order valence-electron chi connectivity index (χ1n) is 7.28. The maximum absolute atomic E-state index is 5.72. The number of hydrogen-bond donors (Lipinski definition) is 0. The third-order valence-corrected chi connectivity index (χ3v) is 5.27. The van der Waals surface area contributed by atoms with E-state index in [0.29, 0.717) is 5.22 Å². The van der Waals surface area contributed by atoms with Gasteiger partial charge in [0.15, 0.2) is 5.58 Å². The molecule has 2 aromatic carbocycles. The van der Waals surface area contributed by atoms with Gasteiger partial charge in [-0.2, -0.15) is 0 Å². The fourth-order valence-electron chi connectivity index (χ4n) is 2.25. The van der Waals surface area contributed by atoms with E-state index in [2.05, 4.69) is 41.6 Å². The molecule has 0 atom stereocenters. The van der Waals surface area contributed by atoms with Crippen molar-refractivity contribution in [1.82, 2.24) is 9.97 Å². The van der Waals surface area contributed by atoms with Crippen molar-refractivity contribution in [2.75, 3.05) is 0 Å². The molecule has 0 fully saturated rings. The number of aryl methyl sites for hydroxylation is 1. The summed E-state index contributed by atoms with van der Waals surface area (Å²) in [5.74, 6) is 0.759. The summed E-state index contributed by atoms with van der Waals surface area (Å²) in [6, 6.07) is 16.3. The summed E-state index contributed by atoms with van der Waals surface area (Å²) < 4.78 is 5.72. The summed E-state index contributed by atoms with van der Waals surface area (Å²) in [6.45, 7) is 2.09. The van der Waals surface area contributed by atoms with E-state index in [9.17, 15) is 0 Å². The zero-order chi connectivity index (χ0) is 15.6. The number of rotatable bonds is 4. The van der Waals surface area contributed by atoms with E-state index in [1.165, 1.54) is 11.1 Å². The third kappa shape index (κ3) is 3.16. The fraction of sp³-hybridized carbons (Fsp3) is 0.111. The van der Waals surface area contributed by atoms with Crippen LogP contribution in [-0.2, 0) is 5.75 Å². The first kappa shape index (κ1) is 14.5. The van der Waals surface area contributed by atoms with E-state index in [1.807, 2.05) is 24.3 Å². The first-order chi connectivity index (χ1) is 11.3. The molecule has 0 spiro atoms. The lowest BCUT2D eigenvalue weighted by molar-refractivity contribution is 0.489. The number of fused-ring (bicyclic) bond motifs is 1. The van der Waals surface area contributed by atoms with Crippen molar-refractivity contribution in [2.45, 2.75) is 17.9 Å². The smallest absolute Gasteiger partial charge is 0.257 e. The summed E-state index contributed by atoms with van der Waals surface area (Å²) in [5.41, 5.74) is 5.20. The Balaban J connectivity index is 1.48. The van der Waals surface area contributed by atoms with Crippen LogP contribution in [0.15, 0.2) is 63.6 Å². The van der Waals surface area contributed by atoms with Crippen LogP contribution in [0.3, 0.4) is 0 Å². The van der Waals surface area contributed by atoms with Crippen molar-refractivity contribution in [2.24, 2.45) is 0 Å². The second kappa shape index (κ2) is 6.18. The van der Waals surface area contributed by atoms with E-state index >= 15 is 0 Å². The molecule has 0 N–H and O–H groups in total. The van der Waals surface area contributed by atoms with Crippen molar-refractivity contribution in [1.29, 1.82) is 0 Å². The Morgan fingerprint density at radius 3 is 2.70 bits per heavy atom. The molecule has 23 heavy (non-hydrogen) atoms. The van der Waals surface area contributed by atoms with Crippen LogP contribution in [0.25, 0.3) is 21.7 Å². The minimum Gasteiger partial charge on any atom is -0.431 e. The third-order valence-electron chi connectivity index (χ3n) is 3.47. The van der Waals surface area contributed by atoms with Crippen LogP contribution in [-0.4, -0.2) is 9.97 Å². The lowest BCUT2D eigenvalue weighted by Gasteiger charge is -1.97. The van der Waals surface area contributed by atoms with Gasteiger partial charge in [0.05, 0.1) is 5.69 Å². The minimum atomic E-state index is 0.691. The predicted molar refractivity (Wildman–Crippen MR) is 95.9 cm³/mol. The number of hydrogen-bond acceptors (Lipinski definition) is 5. The Bertz CT molecular complexity index is 908. The Morgan fingerprint density at radius 2 is 1.87 bits per heavy atom. The van der Waals surface area contributed by atoms with Gasteiger partial charge in [0.2, 0.25) is 0 Å². The highest BCUT2D eigenvalue weighted by Crippen LogP contribution is 2.29. The summed E-state index contributed by atoms with van der Waals surface area (Å²) in [5, 5.41) is 3.85. The zero-order valence-electron chi connectivity index (χ0n) is 12.5. The number of thiazole rings is 1. The quantitative estimate of drug-likeness (QED) is 0.457. The molecule has 0 aliphatic rings. The first-order valence-corrected chi connectivity index (χ1v) is 9.14. The number of para-hydroxylation sites is 2. The zero-order valence-corrected chi connectivity index (χ0v) is 14.2. The second-order valence-electron chi connectivity index (χ2n) is 5.25. The second-order valence-corrected chi connectivity index (χ2v) is 7.03. The van der Waals surface area contributed by atoms with Crippen LogP contribution in [0.1, 0.15) is 11.3 Å². The predicted octanol–water partition coefficient (Wildman–Crippen LogP) is 5.55. The van der Waals surface area contributed by atoms with Crippen molar-refractivity contribution in [3.05, 3.63) is 65.2 Å². The van der Waals surface area contributed by atoms with Gasteiger partial charge in [-0.25, -0.2) is 9.97 Å². The number of nitrogens with zero attached hydrogens (tertiary/aromatic N) is 2. The topological polar surface area (TPSA) is 38.9 Å². The normalized spacial score (nSPS) is 11.2. The summed E-state index contributed by atoms with van der Waals surface area (Å²) in [6.07, 6.45) is 0. The Kier molecular flexibility index (Phi) is 3.89. The monoisotopic (exact) mass is 338 g/mol. The molecule has 4 aromatic rings. The molecule has 5 heteroatoms. The molecule has 2 heterocycles. The SMILES string of the molecule is Cc1ccc(-c2nc(CSc3nc4ccccc4o3)cs2)cc1. The van der Waals surface area contributed by atoms with Gasteiger partial charge in [0.25, 0.3) is 5.22 Å². The van der Waals surface area contributed by atoms with Crippen LogP contribution in [0.4, 0.5) is 0 Å². The van der Waals surface area contributed by atoms with Crippen LogP contribution in [0.5, 0.6) is 0 Å². The minimum absolute atomic E-state index is 0.691. The van der Waals surface area contributed by atoms with Crippen molar-refractivity contribution < 1.29 is 4.42 Å². The average molecular weight is 338 g/mol. The lowest BCUT2D eigenvalue weighted by Crippen LogP contribution is -1.82. The van der Waals surface area contributed by atoms with Gasteiger partial charge in [0, 0.05) is 16.7 Å². The molecular formula is C18H14N2OS2. The molecule has 0 aliphatic carbocycles. The molecular weight excluding hydrogens is 324 g/mol. The molecule has 0 saturated heterocycles. The largest absolute Gasteiger partial charge is 0.431 e. The Labute approximate surface area is 142 Å². The van der Waals surface area contributed by atoms with Gasteiger partial charge < -0.3 is 4.42 Å². The number of thioether (sulfide) groups is 1. The van der Waals surface area contributed by atoms with E-state index in [1.54, 1.807) is 23.1 Å². The van der Waals surface area contributed by atoms with E-state index in [0.717, 1.165) is 27.6 Å². The number of aromatic nitrogens is 2. The Morgan fingerprint density at radius 1 is 1.04 bits per heavy atom. The molecule has 2 aromatic heterocycles. The highest BCUT2D eigenvalue weighted by atomic mass is 32.2. The van der Waals surface area contributed by atoms with Gasteiger partial charge >= 0.3 is 0 Å². The van der Waals surface area contributed by atoms with Gasteiger partial charge in [-0.15, -0.1) is 11.3 Å². The molecule has 0 aliphatic heterocycles. The summed E-state index contributed by atoms with van der Waals surface area (Å²) in [7, 11) is 0. The molecule has 0 radical (unpaired) electrons. The molecule has 0 amide bonds. The van der Waals surface area contributed by atoms with Crippen molar-refractivity contribution in [3.63, 3.8) is 0 Å². The van der Waals surface area contributed by atoms with Crippen LogP contribution in [0, 0.1) is 6.92 Å². The molecule has 0 bridgehead atoms. The van der Waals surface area contributed by atoms with E-state index < -0.39 is 0 Å². The maximum Gasteiger partial charge on any atom is 0.257 e. The van der Waals surface area contributed by atoms with Gasteiger partial charge in [-0.05, 0) is 19.1 Å². The number of oxazole rings is 1. The highest BCUT2D eigenvalue weighted by Gasteiger charge is 2.09. The fourth-order valence-corrected chi connectivity index (χ4v) is 3.91.